The molecule has 1 amide bonds. The van der Waals surface area contributed by atoms with Crippen molar-refractivity contribution >= 4 is 34.2 Å². The number of piperazine rings is 1. The van der Waals surface area contributed by atoms with E-state index in [4.69, 9.17) is 4.74 Å². The highest BCUT2D eigenvalue weighted by Crippen LogP contribution is 2.32. The number of nitrogens with one attached hydrogen (secondary N) is 2. The van der Waals surface area contributed by atoms with E-state index in [1.807, 2.05) is 9.80 Å². The van der Waals surface area contributed by atoms with Gasteiger partial charge in [0, 0.05) is 42.8 Å². The lowest BCUT2D eigenvalue weighted by Gasteiger charge is -2.38. The molecule has 11 heteroatoms. The van der Waals surface area contributed by atoms with Crippen molar-refractivity contribution in [1.82, 2.24) is 9.88 Å². The highest BCUT2D eigenvalue weighted by Gasteiger charge is 2.32. The Morgan fingerprint density at radius 2 is 1.83 bits per heavy atom. The Morgan fingerprint density at radius 3 is 2.50 bits per heavy atom. The van der Waals surface area contributed by atoms with Gasteiger partial charge in [-0.3, -0.25) is 9.69 Å². The minimum Gasteiger partial charge on any atom is -0.461 e. The molecule has 0 bridgehead atoms. The van der Waals surface area contributed by atoms with Gasteiger partial charge in [-0.1, -0.05) is 6.07 Å². The molecule has 1 aliphatic heterocycles. The fourth-order valence-corrected chi connectivity index (χ4v) is 4.29. The summed E-state index contributed by atoms with van der Waals surface area (Å²) in [5.74, 6) is -1.60. The Kier molecular flexibility index (Phi) is 7.21. The van der Waals surface area contributed by atoms with Gasteiger partial charge in [0.1, 0.15) is 11.5 Å². The van der Waals surface area contributed by atoms with Gasteiger partial charge in [0.2, 0.25) is 5.91 Å². The van der Waals surface area contributed by atoms with Crippen LogP contribution in [0.1, 0.15) is 29.9 Å². The van der Waals surface area contributed by atoms with Gasteiger partial charge in [0.05, 0.1) is 23.9 Å². The van der Waals surface area contributed by atoms with Crippen molar-refractivity contribution in [1.29, 1.82) is 0 Å². The summed E-state index contributed by atoms with van der Waals surface area (Å²) in [5, 5.41) is 3.09. The first-order valence-corrected chi connectivity index (χ1v) is 11.5. The summed E-state index contributed by atoms with van der Waals surface area (Å²) in [4.78, 5) is 32.2. The molecule has 36 heavy (non-hydrogen) atoms. The van der Waals surface area contributed by atoms with Crippen molar-refractivity contribution in [2.45, 2.75) is 26.1 Å². The van der Waals surface area contributed by atoms with E-state index in [1.165, 1.54) is 24.3 Å². The lowest BCUT2D eigenvalue weighted by molar-refractivity contribution is -0.137. The predicted octanol–water partition coefficient (Wildman–Crippen LogP) is 4.65. The number of halogens is 4. The minimum absolute atomic E-state index is 0.0207. The number of amides is 1. The Labute approximate surface area is 205 Å². The molecule has 1 saturated heterocycles. The molecule has 0 saturated carbocycles. The van der Waals surface area contributed by atoms with E-state index in [0.717, 1.165) is 12.1 Å². The van der Waals surface area contributed by atoms with Crippen molar-refractivity contribution in [3.8, 4) is 0 Å². The van der Waals surface area contributed by atoms with Crippen molar-refractivity contribution < 1.29 is 31.9 Å². The van der Waals surface area contributed by atoms with Crippen LogP contribution in [0.2, 0.25) is 0 Å². The molecule has 1 fully saturated rings. The number of aromatic amines is 1. The molecule has 192 valence electrons. The summed E-state index contributed by atoms with van der Waals surface area (Å²) < 4.78 is 58.2. The van der Waals surface area contributed by atoms with Gasteiger partial charge in [-0.25, -0.2) is 9.18 Å². The SMILES string of the molecule is CCOC(=O)c1[nH]c2ccc(F)cc2c1NC(=O)C(C)N1CCN(c2cccc(C(F)(F)F)c2)CC1. The Balaban J connectivity index is 1.46. The molecule has 1 atom stereocenters. The van der Waals surface area contributed by atoms with E-state index in [0.29, 0.717) is 42.8 Å². The third kappa shape index (κ3) is 5.30. The molecule has 0 spiro atoms. The van der Waals surface area contributed by atoms with Gasteiger partial charge < -0.3 is 19.9 Å². The number of nitrogens with zero attached hydrogens (tertiary/aromatic N) is 2. The van der Waals surface area contributed by atoms with Gasteiger partial charge in [0.25, 0.3) is 0 Å². The number of esters is 1. The molecule has 2 aromatic carbocycles. The molecule has 2 heterocycles. The predicted molar refractivity (Wildman–Crippen MR) is 128 cm³/mol. The largest absolute Gasteiger partial charge is 0.461 e. The number of fused-ring (bicyclic) bond motifs is 1. The first-order chi connectivity index (χ1) is 17.1. The lowest BCUT2D eigenvalue weighted by atomic mass is 10.1. The van der Waals surface area contributed by atoms with Crippen molar-refractivity contribution in [3.63, 3.8) is 0 Å². The maximum Gasteiger partial charge on any atom is 0.416 e. The van der Waals surface area contributed by atoms with Gasteiger partial charge in [0.15, 0.2) is 0 Å². The molecular weight excluding hydrogens is 480 g/mol. The number of aromatic nitrogens is 1. The van der Waals surface area contributed by atoms with Crippen LogP contribution < -0.4 is 10.2 Å². The third-order valence-corrected chi connectivity index (χ3v) is 6.27. The summed E-state index contributed by atoms with van der Waals surface area (Å²) in [7, 11) is 0. The number of anilines is 2. The zero-order chi connectivity index (χ0) is 26.0. The van der Waals surface area contributed by atoms with Crippen molar-refractivity contribution in [3.05, 3.63) is 59.5 Å². The van der Waals surface area contributed by atoms with Crippen LogP contribution in [0.15, 0.2) is 42.5 Å². The average molecular weight is 507 g/mol. The second-order valence-corrected chi connectivity index (χ2v) is 8.52. The van der Waals surface area contributed by atoms with Gasteiger partial charge in [-0.15, -0.1) is 0 Å². The highest BCUT2D eigenvalue weighted by molar-refractivity contribution is 6.11. The molecule has 0 radical (unpaired) electrons. The number of alkyl halides is 3. The molecule has 1 aromatic heterocycles. The van der Waals surface area contributed by atoms with Crippen LogP contribution in [0, 0.1) is 5.82 Å². The third-order valence-electron chi connectivity index (χ3n) is 6.27. The summed E-state index contributed by atoms with van der Waals surface area (Å²) >= 11 is 0. The second-order valence-electron chi connectivity index (χ2n) is 8.52. The van der Waals surface area contributed by atoms with E-state index in [9.17, 15) is 27.2 Å². The summed E-state index contributed by atoms with van der Waals surface area (Å²) in [6.45, 7) is 5.24. The number of H-pyrrole nitrogens is 1. The van der Waals surface area contributed by atoms with Crippen LogP contribution >= 0.6 is 0 Å². The summed E-state index contributed by atoms with van der Waals surface area (Å²) in [6.07, 6.45) is -4.42. The number of benzene rings is 2. The number of carbonyl (C=O) groups excluding carboxylic acids is 2. The zero-order valence-electron chi connectivity index (χ0n) is 19.8. The van der Waals surface area contributed by atoms with Crippen LogP contribution in [-0.2, 0) is 15.7 Å². The number of rotatable bonds is 6. The average Bonchev–Trinajstić information content (AvgIpc) is 3.21. The van der Waals surface area contributed by atoms with Crippen LogP contribution in [0.4, 0.5) is 28.9 Å². The molecule has 4 rings (SSSR count). The normalized spacial score (nSPS) is 15.7. The summed E-state index contributed by atoms with van der Waals surface area (Å²) in [6, 6.07) is 8.50. The lowest BCUT2D eigenvalue weighted by Crippen LogP contribution is -2.52. The van der Waals surface area contributed by atoms with E-state index < -0.39 is 35.5 Å². The fraction of sp³-hybridized carbons (Fsp3) is 0.360. The molecule has 7 nitrogen and oxygen atoms in total. The van der Waals surface area contributed by atoms with Gasteiger partial charge >= 0.3 is 12.1 Å². The minimum atomic E-state index is -4.42. The maximum absolute atomic E-state index is 13.9. The highest BCUT2D eigenvalue weighted by atomic mass is 19.4. The van der Waals surface area contributed by atoms with Crippen molar-refractivity contribution in [2.24, 2.45) is 0 Å². The number of ether oxygens (including phenoxy) is 1. The Bertz CT molecular complexity index is 1270. The van der Waals surface area contributed by atoms with Crippen LogP contribution in [0.3, 0.4) is 0 Å². The number of hydrogen-bond acceptors (Lipinski definition) is 5. The van der Waals surface area contributed by atoms with E-state index >= 15 is 0 Å². The first-order valence-electron chi connectivity index (χ1n) is 11.5. The maximum atomic E-state index is 13.9. The molecule has 1 aliphatic rings. The topological polar surface area (TPSA) is 77.7 Å². The fourth-order valence-electron chi connectivity index (χ4n) is 4.29. The Hall–Kier alpha value is -3.60. The van der Waals surface area contributed by atoms with Crippen molar-refractivity contribution in [2.75, 3.05) is 43.0 Å². The quantitative estimate of drug-likeness (QED) is 0.376. The van der Waals surface area contributed by atoms with Crippen LogP contribution in [0.5, 0.6) is 0 Å². The molecule has 1 unspecified atom stereocenters. The second kappa shape index (κ2) is 10.2. The number of hydrogen-bond donors (Lipinski definition) is 2. The van der Waals surface area contributed by atoms with E-state index in [2.05, 4.69) is 10.3 Å². The molecule has 2 N–H and O–H groups in total. The summed E-state index contributed by atoms with van der Waals surface area (Å²) in [5.41, 5.74) is 0.399. The van der Waals surface area contributed by atoms with Crippen LogP contribution in [0.25, 0.3) is 10.9 Å². The standard InChI is InChI=1S/C25H26F4N4O3/c1-3-36-24(35)22-21(19-14-17(26)7-8-20(19)30-22)31-23(34)15(2)32-9-11-33(12-10-32)18-6-4-5-16(13-18)25(27,28)29/h4-8,13-15,30H,3,9-12H2,1-2H3,(H,31,34). The number of carbonyl (C=O) groups is 2. The molecular formula is C25H26F4N4O3. The zero-order valence-corrected chi connectivity index (χ0v) is 19.8. The molecule has 0 aliphatic carbocycles. The smallest absolute Gasteiger partial charge is 0.416 e. The molecule has 3 aromatic rings. The van der Waals surface area contributed by atoms with Crippen LogP contribution in [-0.4, -0.2) is 60.6 Å². The van der Waals surface area contributed by atoms with Gasteiger partial charge in [-0.05, 0) is 50.2 Å². The van der Waals surface area contributed by atoms with Gasteiger partial charge in [-0.2, -0.15) is 13.2 Å². The first kappa shape index (κ1) is 25.5. The van der Waals surface area contributed by atoms with E-state index in [-0.39, 0.29) is 18.0 Å². The van der Waals surface area contributed by atoms with E-state index in [1.54, 1.807) is 19.9 Å². The monoisotopic (exact) mass is 506 g/mol. The Morgan fingerprint density at radius 1 is 1.11 bits per heavy atom.